The van der Waals surface area contributed by atoms with Gasteiger partial charge in [-0.2, -0.15) is 10.5 Å². The molecule has 0 N–H and O–H groups in total. The summed E-state index contributed by atoms with van der Waals surface area (Å²) < 4.78 is 0. The Morgan fingerprint density at radius 3 is 2.44 bits per heavy atom. The lowest BCUT2D eigenvalue weighted by Gasteiger charge is -1.96. The van der Waals surface area contributed by atoms with Gasteiger partial charge in [-0.05, 0) is 29.8 Å². The standard InChI is InChI=1S/C15H9N3/c16-9-12-5-7-15(18-11-12)8-6-13-3-1-2-4-14(13)10-17/h1-8,11H/b8-6+. The zero-order chi connectivity index (χ0) is 12.8. The Bertz CT molecular complexity index is 655. The van der Waals surface area contributed by atoms with Crippen molar-refractivity contribution < 1.29 is 0 Å². The van der Waals surface area contributed by atoms with Crippen LogP contribution in [0, 0.1) is 22.7 Å². The number of hydrogen-bond donors (Lipinski definition) is 0. The largest absolute Gasteiger partial charge is 0.256 e. The van der Waals surface area contributed by atoms with Crippen molar-refractivity contribution in [3.05, 3.63) is 65.0 Å². The third-order valence-corrected chi connectivity index (χ3v) is 2.43. The fraction of sp³-hybridized carbons (Fsp3) is 0. The van der Waals surface area contributed by atoms with E-state index in [4.69, 9.17) is 10.5 Å². The molecule has 3 heteroatoms. The van der Waals surface area contributed by atoms with Crippen molar-refractivity contribution in [2.45, 2.75) is 0 Å². The molecule has 0 spiro atoms. The lowest BCUT2D eigenvalue weighted by Crippen LogP contribution is -1.83. The molecule has 18 heavy (non-hydrogen) atoms. The van der Waals surface area contributed by atoms with Gasteiger partial charge in [0.1, 0.15) is 6.07 Å². The number of nitrogens with zero attached hydrogens (tertiary/aromatic N) is 3. The fourth-order valence-corrected chi connectivity index (χ4v) is 1.49. The Labute approximate surface area is 105 Å². The molecule has 0 saturated carbocycles. The summed E-state index contributed by atoms with van der Waals surface area (Å²) in [5, 5.41) is 17.6. The van der Waals surface area contributed by atoms with Crippen LogP contribution in [0.4, 0.5) is 0 Å². The second kappa shape index (κ2) is 5.43. The summed E-state index contributed by atoms with van der Waals surface area (Å²) in [6.45, 7) is 0. The van der Waals surface area contributed by atoms with E-state index in [1.54, 1.807) is 18.2 Å². The van der Waals surface area contributed by atoms with E-state index in [-0.39, 0.29) is 0 Å². The zero-order valence-corrected chi connectivity index (χ0v) is 9.54. The van der Waals surface area contributed by atoms with Crippen molar-refractivity contribution in [1.82, 2.24) is 4.98 Å². The molecule has 1 heterocycles. The summed E-state index contributed by atoms with van der Waals surface area (Å²) in [5.74, 6) is 0. The lowest BCUT2D eigenvalue weighted by molar-refractivity contribution is 1.27. The lowest BCUT2D eigenvalue weighted by atomic mass is 10.1. The molecule has 3 nitrogen and oxygen atoms in total. The maximum absolute atomic E-state index is 8.95. The molecular weight excluding hydrogens is 222 g/mol. The third kappa shape index (κ3) is 2.61. The van der Waals surface area contributed by atoms with Crippen LogP contribution in [0.2, 0.25) is 0 Å². The molecule has 0 fully saturated rings. The van der Waals surface area contributed by atoms with Crippen LogP contribution in [-0.4, -0.2) is 4.98 Å². The van der Waals surface area contributed by atoms with Crippen molar-refractivity contribution in [2.75, 3.05) is 0 Å². The minimum Gasteiger partial charge on any atom is -0.256 e. The Balaban J connectivity index is 2.25. The summed E-state index contributed by atoms with van der Waals surface area (Å²) in [6, 6.07) is 15.0. The second-order valence-corrected chi connectivity index (χ2v) is 3.62. The van der Waals surface area contributed by atoms with Crippen LogP contribution in [-0.2, 0) is 0 Å². The molecule has 2 aromatic rings. The molecular formula is C15H9N3. The number of pyridine rings is 1. The normalized spacial score (nSPS) is 9.89. The summed E-state index contributed by atoms with van der Waals surface area (Å²) in [5.41, 5.74) is 2.76. The maximum Gasteiger partial charge on any atom is 0.101 e. The quantitative estimate of drug-likeness (QED) is 0.798. The molecule has 0 saturated heterocycles. The first-order valence-electron chi connectivity index (χ1n) is 5.37. The summed E-state index contributed by atoms with van der Waals surface area (Å²) in [6.07, 6.45) is 5.18. The summed E-state index contributed by atoms with van der Waals surface area (Å²) in [4.78, 5) is 4.13. The summed E-state index contributed by atoms with van der Waals surface area (Å²) >= 11 is 0. The van der Waals surface area contributed by atoms with Crippen molar-refractivity contribution in [2.24, 2.45) is 0 Å². The van der Waals surface area contributed by atoms with E-state index in [0.29, 0.717) is 11.1 Å². The van der Waals surface area contributed by atoms with Crippen molar-refractivity contribution in [3.8, 4) is 12.1 Å². The van der Waals surface area contributed by atoms with Gasteiger partial charge in [0.25, 0.3) is 0 Å². The highest BCUT2D eigenvalue weighted by Crippen LogP contribution is 2.11. The van der Waals surface area contributed by atoms with Crippen LogP contribution in [0.25, 0.3) is 12.2 Å². The number of benzene rings is 1. The molecule has 84 valence electrons. The monoisotopic (exact) mass is 231 g/mol. The van der Waals surface area contributed by atoms with E-state index >= 15 is 0 Å². The summed E-state index contributed by atoms with van der Waals surface area (Å²) in [7, 11) is 0. The van der Waals surface area contributed by atoms with Gasteiger partial charge < -0.3 is 0 Å². The first-order valence-corrected chi connectivity index (χ1v) is 5.37. The van der Waals surface area contributed by atoms with Crippen molar-refractivity contribution >= 4 is 12.2 Å². The molecule has 0 unspecified atom stereocenters. The predicted molar refractivity (Wildman–Crippen MR) is 69.0 cm³/mol. The van der Waals surface area contributed by atoms with Gasteiger partial charge in [-0.3, -0.25) is 4.98 Å². The van der Waals surface area contributed by atoms with E-state index in [2.05, 4.69) is 11.1 Å². The Kier molecular flexibility index (Phi) is 3.49. The smallest absolute Gasteiger partial charge is 0.101 e. The van der Waals surface area contributed by atoms with E-state index in [0.717, 1.165) is 11.3 Å². The number of nitriles is 2. The van der Waals surface area contributed by atoms with Gasteiger partial charge in [0.15, 0.2) is 0 Å². The highest BCUT2D eigenvalue weighted by Gasteiger charge is 1.96. The molecule has 0 bridgehead atoms. The Morgan fingerprint density at radius 2 is 1.78 bits per heavy atom. The second-order valence-electron chi connectivity index (χ2n) is 3.62. The van der Waals surface area contributed by atoms with Crippen LogP contribution >= 0.6 is 0 Å². The van der Waals surface area contributed by atoms with Gasteiger partial charge in [-0.25, -0.2) is 0 Å². The minimum atomic E-state index is 0.532. The van der Waals surface area contributed by atoms with E-state index in [1.807, 2.05) is 36.4 Å². The minimum absolute atomic E-state index is 0.532. The molecule has 1 aromatic heterocycles. The van der Waals surface area contributed by atoms with E-state index in [9.17, 15) is 0 Å². The van der Waals surface area contributed by atoms with E-state index < -0.39 is 0 Å². The Morgan fingerprint density at radius 1 is 0.944 bits per heavy atom. The van der Waals surface area contributed by atoms with Crippen LogP contribution < -0.4 is 0 Å². The van der Waals surface area contributed by atoms with Gasteiger partial charge in [-0.1, -0.05) is 24.3 Å². The van der Waals surface area contributed by atoms with Gasteiger partial charge in [0, 0.05) is 6.20 Å². The topological polar surface area (TPSA) is 60.5 Å². The molecule has 2 rings (SSSR count). The molecule has 0 aliphatic rings. The SMILES string of the molecule is N#Cc1ccc(/C=C/c2ccccc2C#N)nc1. The van der Waals surface area contributed by atoms with Crippen LogP contribution in [0.1, 0.15) is 22.4 Å². The highest BCUT2D eigenvalue weighted by molar-refractivity contribution is 5.71. The van der Waals surface area contributed by atoms with Crippen LogP contribution in [0.5, 0.6) is 0 Å². The fourth-order valence-electron chi connectivity index (χ4n) is 1.49. The predicted octanol–water partition coefficient (Wildman–Crippen LogP) is 3.00. The van der Waals surface area contributed by atoms with Crippen molar-refractivity contribution in [3.63, 3.8) is 0 Å². The number of aromatic nitrogens is 1. The molecule has 0 amide bonds. The third-order valence-electron chi connectivity index (χ3n) is 2.43. The average Bonchev–Trinajstić information content (AvgIpc) is 2.46. The molecule has 0 aliphatic carbocycles. The van der Waals surface area contributed by atoms with Gasteiger partial charge in [0.05, 0.1) is 22.9 Å². The molecule has 0 atom stereocenters. The van der Waals surface area contributed by atoms with Crippen molar-refractivity contribution in [1.29, 1.82) is 10.5 Å². The van der Waals surface area contributed by atoms with Crippen LogP contribution in [0.15, 0.2) is 42.6 Å². The first kappa shape index (κ1) is 11.6. The zero-order valence-electron chi connectivity index (χ0n) is 9.54. The maximum atomic E-state index is 8.95. The molecule has 0 aliphatic heterocycles. The molecule has 0 radical (unpaired) electrons. The Hall–Kier alpha value is -2.91. The van der Waals surface area contributed by atoms with E-state index in [1.165, 1.54) is 6.20 Å². The van der Waals surface area contributed by atoms with Crippen LogP contribution in [0.3, 0.4) is 0 Å². The first-order chi connectivity index (χ1) is 8.83. The number of hydrogen-bond acceptors (Lipinski definition) is 3. The van der Waals surface area contributed by atoms with Gasteiger partial charge in [-0.15, -0.1) is 0 Å². The molecule has 1 aromatic carbocycles. The van der Waals surface area contributed by atoms with Gasteiger partial charge in [0.2, 0.25) is 0 Å². The number of rotatable bonds is 2. The van der Waals surface area contributed by atoms with Gasteiger partial charge >= 0.3 is 0 Å². The average molecular weight is 231 g/mol. The highest BCUT2D eigenvalue weighted by atomic mass is 14.7.